The molecule has 0 unspecified atom stereocenters. The molecule has 1 heterocycles. The van der Waals surface area contributed by atoms with E-state index in [4.69, 9.17) is 14.5 Å². The Kier molecular flexibility index (Phi) is 6.66. The van der Waals surface area contributed by atoms with Gasteiger partial charge in [0.05, 0.1) is 24.9 Å². The van der Waals surface area contributed by atoms with Gasteiger partial charge < -0.3 is 14.8 Å². The molecule has 0 aliphatic heterocycles. The van der Waals surface area contributed by atoms with Crippen LogP contribution in [0.25, 0.3) is 22.2 Å². The van der Waals surface area contributed by atoms with Gasteiger partial charge in [0.2, 0.25) is 0 Å². The zero-order valence-electron chi connectivity index (χ0n) is 18.3. The van der Waals surface area contributed by atoms with Crippen molar-refractivity contribution in [2.45, 2.75) is 13.3 Å². The summed E-state index contributed by atoms with van der Waals surface area (Å²) in [5, 5.41) is 3.81. The van der Waals surface area contributed by atoms with Crippen LogP contribution in [0.4, 0.5) is 0 Å². The number of hydrogen-bond acceptors (Lipinski definition) is 4. The molecule has 1 amide bonds. The van der Waals surface area contributed by atoms with Crippen LogP contribution in [0.3, 0.4) is 0 Å². The smallest absolute Gasteiger partial charge is 0.251 e. The molecule has 5 nitrogen and oxygen atoms in total. The third-order valence-corrected chi connectivity index (χ3v) is 5.24. The van der Waals surface area contributed by atoms with Crippen LogP contribution in [0.1, 0.15) is 22.8 Å². The van der Waals surface area contributed by atoms with Gasteiger partial charge in [-0.15, -0.1) is 0 Å². The summed E-state index contributed by atoms with van der Waals surface area (Å²) in [6.07, 6.45) is 0.788. The number of pyridine rings is 1. The average Bonchev–Trinajstić information content (AvgIpc) is 2.84. The number of amides is 1. The fourth-order valence-corrected chi connectivity index (χ4v) is 3.61. The van der Waals surface area contributed by atoms with Gasteiger partial charge >= 0.3 is 0 Å². The maximum absolute atomic E-state index is 12.7. The zero-order chi connectivity index (χ0) is 22.3. The number of ether oxygens (including phenoxy) is 2. The first-order valence-electron chi connectivity index (χ1n) is 10.7. The van der Waals surface area contributed by atoms with Crippen LogP contribution >= 0.6 is 0 Å². The van der Waals surface area contributed by atoms with Gasteiger partial charge in [-0.25, -0.2) is 4.98 Å². The second-order valence-corrected chi connectivity index (χ2v) is 7.39. The lowest BCUT2D eigenvalue weighted by atomic mass is 10.1. The molecule has 0 saturated carbocycles. The number of benzene rings is 3. The lowest BCUT2D eigenvalue weighted by Crippen LogP contribution is -2.25. The van der Waals surface area contributed by atoms with Crippen LogP contribution in [0.2, 0.25) is 0 Å². The van der Waals surface area contributed by atoms with Crippen LogP contribution in [-0.4, -0.2) is 31.2 Å². The largest absolute Gasteiger partial charge is 0.497 e. The van der Waals surface area contributed by atoms with E-state index in [1.807, 2.05) is 67.6 Å². The summed E-state index contributed by atoms with van der Waals surface area (Å²) in [5.74, 6) is 1.36. The van der Waals surface area contributed by atoms with Crippen LogP contribution in [0, 0.1) is 0 Å². The third-order valence-electron chi connectivity index (χ3n) is 5.24. The normalized spacial score (nSPS) is 10.7. The molecule has 0 atom stereocenters. The van der Waals surface area contributed by atoms with E-state index in [-0.39, 0.29) is 5.91 Å². The van der Waals surface area contributed by atoms with Crippen molar-refractivity contribution >= 4 is 16.8 Å². The standard InChI is InChI=1S/C27H26N2O3/c1-3-32-26-18-25(20-10-7-11-22(16-20)31-2)29-24-13-12-21(17-23(24)26)27(30)28-15-14-19-8-5-4-6-9-19/h4-13,16-18H,3,14-15H2,1-2H3,(H,28,30). The molecular weight excluding hydrogens is 400 g/mol. The van der Waals surface area contributed by atoms with Crippen molar-refractivity contribution in [2.24, 2.45) is 0 Å². The van der Waals surface area contributed by atoms with Gasteiger partial charge in [0.15, 0.2) is 0 Å². The Morgan fingerprint density at radius 3 is 2.59 bits per heavy atom. The van der Waals surface area contributed by atoms with Gasteiger partial charge in [-0.05, 0) is 49.2 Å². The van der Waals surface area contributed by atoms with Crippen molar-refractivity contribution in [3.63, 3.8) is 0 Å². The zero-order valence-corrected chi connectivity index (χ0v) is 18.3. The Morgan fingerprint density at radius 1 is 0.969 bits per heavy atom. The van der Waals surface area contributed by atoms with E-state index in [0.717, 1.165) is 34.3 Å². The van der Waals surface area contributed by atoms with Crippen molar-refractivity contribution < 1.29 is 14.3 Å². The molecule has 0 saturated heterocycles. The summed E-state index contributed by atoms with van der Waals surface area (Å²) < 4.78 is 11.2. The Morgan fingerprint density at radius 2 is 1.81 bits per heavy atom. The van der Waals surface area contributed by atoms with Crippen molar-refractivity contribution in [1.29, 1.82) is 0 Å². The molecule has 4 aromatic rings. The molecular formula is C27H26N2O3. The molecule has 0 aliphatic carbocycles. The van der Waals surface area contributed by atoms with Crippen LogP contribution in [-0.2, 0) is 6.42 Å². The highest BCUT2D eigenvalue weighted by molar-refractivity contribution is 5.99. The van der Waals surface area contributed by atoms with Crippen LogP contribution in [0.15, 0.2) is 78.9 Å². The average molecular weight is 427 g/mol. The minimum Gasteiger partial charge on any atom is -0.497 e. The van der Waals surface area contributed by atoms with Crippen molar-refractivity contribution in [1.82, 2.24) is 10.3 Å². The summed E-state index contributed by atoms with van der Waals surface area (Å²) >= 11 is 0. The summed E-state index contributed by atoms with van der Waals surface area (Å²) in [6, 6.07) is 25.3. The fourth-order valence-electron chi connectivity index (χ4n) is 3.61. The number of nitrogens with zero attached hydrogens (tertiary/aromatic N) is 1. The quantitative estimate of drug-likeness (QED) is 0.416. The monoisotopic (exact) mass is 426 g/mol. The van der Waals surface area contributed by atoms with Crippen molar-refractivity contribution in [3.8, 4) is 22.8 Å². The number of aromatic nitrogens is 1. The molecule has 1 aromatic heterocycles. The highest BCUT2D eigenvalue weighted by Gasteiger charge is 2.13. The number of rotatable bonds is 8. The third kappa shape index (κ3) is 4.89. The molecule has 0 spiro atoms. The summed E-state index contributed by atoms with van der Waals surface area (Å²) in [5.41, 5.74) is 4.28. The maximum atomic E-state index is 12.7. The van der Waals surface area contributed by atoms with Gasteiger partial charge in [-0.2, -0.15) is 0 Å². The predicted molar refractivity (Wildman–Crippen MR) is 127 cm³/mol. The first-order chi connectivity index (χ1) is 15.7. The van der Waals surface area contributed by atoms with Gasteiger partial charge in [0.25, 0.3) is 5.91 Å². The Bertz CT molecular complexity index is 1220. The first kappa shape index (κ1) is 21.4. The summed E-state index contributed by atoms with van der Waals surface area (Å²) in [7, 11) is 1.64. The van der Waals surface area contributed by atoms with E-state index in [0.29, 0.717) is 24.5 Å². The number of carbonyl (C=O) groups excluding carboxylic acids is 1. The number of hydrogen-bond donors (Lipinski definition) is 1. The highest BCUT2D eigenvalue weighted by Crippen LogP contribution is 2.32. The van der Waals surface area contributed by atoms with E-state index in [9.17, 15) is 4.79 Å². The second kappa shape index (κ2) is 9.96. The molecule has 5 heteroatoms. The van der Waals surface area contributed by atoms with E-state index < -0.39 is 0 Å². The SMILES string of the molecule is CCOc1cc(-c2cccc(OC)c2)nc2ccc(C(=O)NCCc3ccccc3)cc12. The minimum atomic E-state index is -0.109. The Balaban J connectivity index is 1.59. The summed E-state index contributed by atoms with van der Waals surface area (Å²) in [6.45, 7) is 3.04. The van der Waals surface area contributed by atoms with Crippen LogP contribution < -0.4 is 14.8 Å². The topological polar surface area (TPSA) is 60.5 Å². The Labute approximate surface area is 188 Å². The first-order valence-corrected chi connectivity index (χ1v) is 10.7. The highest BCUT2D eigenvalue weighted by atomic mass is 16.5. The number of fused-ring (bicyclic) bond motifs is 1. The second-order valence-electron chi connectivity index (χ2n) is 7.39. The Hall–Kier alpha value is -3.86. The van der Waals surface area contributed by atoms with Crippen LogP contribution in [0.5, 0.6) is 11.5 Å². The molecule has 3 aromatic carbocycles. The predicted octanol–water partition coefficient (Wildman–Crippen LogP) is 5.28. The van der Waals surface area contributed by atoms with Gasteiger partial charge in [0, 0.05) is 29.1 Å². The number of methoxy groups -OCH3 is 1. The lowest BCUT2D eigenvalue weighted by molar-refractivity contribution is 0.0954. The van der Waals surface area contributed by atoms with E-state index >= 15 is 0 Å². The summed E-state index contributed by atoms with van der Waals surface area (Å²) in [4.78, 5) is 17.5. The lowest BCUT2D eigenvalue weighted by Gasteiger charge is -2.12. The number of carbonyl (C=O) groups is 1. The molecule has 162 valence electrons. The van der Waals surface area contributed by atoms with Gasteiger partial charge in [-0.1, -0.05) is 42.5 Å². The van der Waals surface area contributed by atoms with E-state index in [2.05, 4.69) is 17.4 Å². The molecule has 0 bridgehead atoms. The fraction of sp³-hybridized carbons (Fsp3) is 0.185. The number of nitrogens with one attached hydrogen (secondary N) is 1. The van der Waals surface area contributed by atoms with Gasteiger partial charge in [0.1, 0.15) is 11.5 Å². The molecule has 0 radical (unpaired) electrons. The maximum Gasteiger partial charge on any atom is 0.251 e. The van der Waals surface area contributed by atoms with Crippen molar-refractivity contribution in [3.05, 3.63) is 90.0 Å². The van der Waals surface area contributed by atoms with Crippen molar-refractivity contribution in [2.75, 3.05) is 20.3 Å². The minimum absolute atomic E-state index is 0.109. The molecule has 1 N–H and O–H groups in total. The molecule has 4 rings (SSSR count). The van der Waals surface area contributed by atoms with E-state index in [1.165, 1.54) is 5.56 Å². The molecule has 0 fully saturated rings. The molecule has 32 heavy (non-hydrogen) atoms. The molecule has 0 aliphatic rings. The van der Waals surface area contributed by atoms with E-state index in [1.54, 1.807) is 13.2 Å². The van der Waals surface area contributed by atoms with Gasteiger partial charge in [-0.3, -0.25) is 4.79 Å².